The maximum Gasteiger partial charge on any atom is 0.264 e. The molecule has 46 heavy (non-hydrogen) atoms. The van der Waals surface area contributed by atoms with Crippen LogP contribution in [0.1, 0.15) is 43.0 Å². The number of para-hydroxylation sites is 2. The SMILES string of the molecule is CCOc1ccccc1N(CC(=O)N(Cc1cccc(C)c1)C(Cc1ccccc1)C(=O)NC(C)C)S(=O)(=O)c1ccc(C)cc1. The molecule has 0 spiro atoms. The van der Waals surface area contributed by atoms with E-state index in [-0.39, 0.29) is 35.5 Å². The number of rotatable bonds is 14. The molecule has 0 saturated heterocycles. The monoisotopic (exact) mass is 641 g/mol. The van der Waals surface area contributed by atoms with Gasteiger partial charge in [0, 0.05) is 19.0 Å². The van der Waals surface area contributed by atoms with Crippen molar-refractivity contribution in [2.45, 2.75) is 64.6 Å². The molecule has 8 nitrogen and oxygen atoms in total. The van der Waals surface area contributed by atoms with Gasteiger partial charge in [-0.3, -0.25) is 13.9 Å². The molecule has 1 atom stereocenters. The number of anilines is 1. The molecule has 4 aromatic rings. The summed E-state index contributed by atoms with van der Waals surface area (Å²) in [7, 11) is -4.24. The Hall–Kier alpha value is -4.63. The minimum atomic E-state index is -4.24. The maximum atomic E-state index is 14.6. The van der Waals surface area contributed by atoms with E-state index >= 15 is 0 Å². The van der Waals surface area contributed by atoms with E-state index in [1.165, 1.54) is 17.0 Å². The molecule has 0 aliphatic carbocycles. The zero-order chi connectivity index (χ0) is 33.3. The number of nitrogens with zero attached hydrogens (tertiary/aromatic N) is 2. The highest BCUT2D eigenvalue weighted by Gasteiger charge is 2.35. The van der Waals surface area contributed by atoms with E-state index in [9.17, 15) is 18.0 Å². The van der Waals surface area contributed by atoms with E-state index < -0.39 is 28.5 Å². The summed E-state index contributed by atoms with van der Waals surface area (Å²) < 4.78 is 35.6. The van der Waals surface area contributed by atoms with Crippen molar-refractivity contribution in [3.63, 3.8) is 0 Å². The summed E-state index contributed by atoms with van der Waals surface area (Å²) in [6, 6.07) is 29.4. The van der Waals surface area contributed by atoms with Gasteiger partial charge >= 0.3 is 0 Å². The summed E-state index contributed by atoms with van der Waals surface area (Å²) in [5.74, 6) is -0.511. The molecule has 0 aliphatic heterocycles. The van der Waals surface area contributed by atoms with Crippen LogP contribution >= 0.6 is 0 Å². The van der Waals surface area contributed by atoms with E-state index in [4.69, 9.17) is 4.74 Å². The quantitative estimate of drug-likeness (QED) is 0.181. The number of carbonyl (C=O) groups is 2. The summed E-state index contributed by atoms with van der Waals surface area (Å²) in [6.07, 6.45) is 0.247. The molecule has 1 N–H and O–H groups in total. The summed E-state index contributed by atoms with van der Waals surface area (Å²) in [5, 5.41) is 2.98. The van der Waals surface area contributed by atoms with Crippen LogP contribution in [0.3, 0.4) is 0 Å². The molecule has 0 aromatic heterocycles. The third-order valence-corrected chi connectivity index (χ3v) is 9.23. The van der Waals surface area contributed by atoms with Gasteiger partial charge in [-0.25, -0.2) is 8.42 Å². The Kier molecular flexibility index (Phi) is 11.6. The van der Waals surface area contributed by atoms with Gasteiger partial charge in [-0.15, -0.1) is 0 Å². The van der Waals surface area contributed by atoms with Crippen molar-refractivity contribution in [3.05, 3.63) is 125 Å². The van der Waals surface area contributed by atoms with Crippen LogP contribution in [0, 0.1) is 13.8 Å². The highest BCUT2D eigenvalue weighted by molar-refractivity contribution is 7.92. The lowest BCUT2D eigenvalue weighted by molar-refractivity contribution is -0.140. The van der Waals surface area contributed by atoms with Crippen LogP contribution in [0.2, 0.25) is 0 Å². The van der Waals surface area contributed by atoms with Crippen molar-refractivity contribution >= 4 is 27.5 Å². The van der Waals surface area contributed by atoms with E-state index in [0.29, 0.717) is 12.4 Å². The molecule has 0 heterocycles. The van der Waals surface area contributed by atoms with E-state index in [2.05, 4.69) is 5.32 Å². The Labute approximate surface area is 273 Å². The molecule has 0 fully saturated rings. The van der Waals surface area contributed by atoms with Gasteiger partial charge in [-0.05, 0) is 70.0 Å². The first kappa shape index (κ1) is 34.2. The summed E-state index contributed by atoms with van der Waals surface area (Å²) in [5.41, 5.74) is 3.84. The number of carbonyl (C=O) groups excluding carboxylic acids is 2. The lowest BCUT2D eigenvalue weighted by Gasteiger charge is -2.34. The van der Waals surface area contributed by atoms with Gasteiger partial charge in [0.05, 0.1) is 17.2 Å². The van der Waals surface area contributed by atoms with Gasteiger partial charge in [-0.1, -0.05) is 90.0 Å². The smallest absolute Gasteiger partial charge is 0.264 e. The standard InChI is InChI=1S/C37H43N3O5S/c1-6-45-35-18-11-10-17-33(35)40(46(43,44)32-21-19-28(4)20-22-32)26-36(41)39(25-31-16-12-13-29(5)23-31)34(37(42)38-27(2)3)24-30-14-8-7-9-15-30/h7-23,27,34H,6,24-26H2,1-5H3,(H,38,42). The first-order chi connectivity index (χ1) is 22.0. The third kappa shape index (κ3) is 8.75. The summed E-state index contributed by atoms with van der Waals surface area (Å²) >= 11 is 0. The largest absolute Gasteiger partial charge is 0.492 e. The van der Waals surface area contributed by atoms with Crippen molar-refractivity contribution in [3.8, 4) is 5.75 Å². The predicted molar refractivity (Wildman–Crippen MR) is 182 cm³/mol. The second kappa shape index (κ2) is 15.6. The normalized spacial score (nSPS) is 12.0. The first-order valence-corrected chi connectivity index (χ1v) is 16.9. The van der Waals surface area contributed by atoms with Crippen LogP contribution in [-0.2, 0) is 32.6 Å². The zero-order valence-corrected chi connectivity index (χ0v) is 28.0. The van der Waals surface area contributed by atoms with Crippen molar-refractivity contribution < 1.29 is 22.7 Å². The lowest BCUT2D eigenvalue weighted by atomic mass is 10.0. The van der Waals surface area contributed by atoms with Crippen LogP contribution in [0.5, 0.6) is 5.75 Å². The van der Waals surface area contributed by atoms with Gasteiger partial charge < -0.3 is 15.0 Å². The van der Waals surface area contributed by atoms with E-state index in [0.717, 1.165) is 26.6 Å². The molecule has 242 valence electrons. The van der Waals surface area contributed by atoms with Gasteiger partial charge in [0.2, 0.25) is 11.8 Å². The van der Waals surface area contributed by atoms with Gasteiger partial charge in [0.1, 0.15) is 18.3 Å². The number of nitrogens with one attached hydrogen (secondary N) is 1. The molecule has 4 aromatic carbocycles. The van der Waals surface area contributed by atoms with Crippen molar-refractivity contribution in [1.82, 2.24) is 10.2 Å². The Balaban J connectivity index is 1.84. The molecule has 2 amide bonds. The Morgan fingerprint density at radius 2 is 1.46 bits per heavy atom. The first-order valence-electron chi connectivity index (χ1n) is 15.5. The molecule has 0 bridgehead atoms. The molecule has 0 aliphatic rings. The van der Waals surface area contributed by atoms with Crippen LogP contribution in [0.25, 0.3) is 0 Å². The van der Waals surface area contributed by atoms with Crippen LogP contribution < -0.4 is 14.4 Å². The highest BCUT2D eigenvalue weighted by Crippen LogP contribution is 2.33. The second-order valence-corrected chi connectivity index (χ2v) is 13.5. The average Bonchev–Trinajstić information content (AvgIpc) is 3.02. The maximum absolute atomic E-state index is 14.6. The molecule has 9 heteroatoms. The van der Waals surface area contributed by atoms with Gasteiger partial charge in [0.25, 0.3) is 10.0 Å². The Morgan fingerprint density at radius 3 is 2.11 bits per heavy atom. The molecular formula is C37H43N3O5S. The fraction of sp³-hybridized carbons (Fsp3) is 0.297. The number of ether oxygens (including phenoxy) is 1. The molecule has 0 radical (unpaired) electrons. The summed E-state index contributed by atoms with van der Waals surface area (Å²) in [6.45, 7) is 9.24. The van der Waals surface area contributed by atoms with Crippen molar-refractivity contribution in [2.75, 3.05) is 17.5 Å². The average molecular weight is 642 g/mol. The fourth-order valence-corrected chi connectivity index (χ4v) is 6.66. The molecular weight excluding hydrogens is 598 g/mol. The Morgan fingerprint density at radius 1 is 0.804 bits per heavy atom. The Bertz CT molecular complexity index is 1720. The summed E-state index contributed by atoms with van der Waals surface area (Å²) in [4.78, 5) is 30.0. The van der Waals surface area contributed by atoms with E-state index in [1.807, 2.05) is 89.2 Å². The minimum Gasteiger partial charge on any atom is -0.492 e. The number of aryl methyl sites for hydroxylation is 2. The second-order valence-electron chi connectivity index (χ2n) is 11.6. The third-order valence-electron chi connectivity index (χ3n) is 7.46. The number of sulfonamides is 1. The van der Waals surface area contributed by atoms with Crippen LogP contribution in [-0.4, -0.2) is 50.4 Å². The number of amides is 2. The number of hydrogen-bond acceptors (Lipinski definition) is 5. The van der Waals surface area contributed by atoms with Crippen molar-refractivity contribution in [1.29, 1.82) is 0 Å². The lowest BCUT2D eigenvalue weighted by Crippen LogP contribution is -2.54. The molecule has 1 unspecified atom stereocenters. The molecule has 0 saturated carbocycles. The van der Waals surface area contributed by atoms with Crippen LogP contribution in [0.4, 0.5) is 5.69 Å². The topological polar surface area (TPSA) is 96.0 Å². The number of hydrogen-bond donors (Lipinski definition) is 1. The van der Waals surface area contributed by atoms with Gasteiger partial charge in [0.15, 0.2) is 0 Å². The molecule has 4 rings (SSSR count). The van der Waals surface area contributed by atoms with Crippen molar-refractivity contribution in [2.24, 2.45) is 0 Å². The highest BCUT2D eigenvalue weighted by atomic mass is 32.2. The zero-order valence-electron chi connectivity index (χ0n) is 27.1. The van der Waals surface area contributed by atoms with Crippen LogP contribution in [0.15, 0.2) is 108 Å². The predicted octanol–water partition coefficient (Wildman–Crippen LogP) is 6.06. The van der Waals surface area contributed by atoms with Gasteiger partial charge in [-0.2, -0.15) is 0 Å². The fourth-order valence-electron chi connectivity index (χ4n) is 5.23. The minimum absolute atomic E-state index is 0.0424. The number of benzene rings is 4. The van der Waals surface area contributed by atoms with E-state index in [1.54, 1.807) is 36.4 Å².